The van der Waals surface area contributed by atoms with E-state index >= 15 is 0 Å². The summed E-state index contributed by atoms with van der Waals surface area (Å²) in [5.41, 5.74) is 1.87. The van der Waals surface area contributed by atoms with Gasteiger partial charge in [0.25, 0.3) is 0 Å². The zero-order valence-corrected chi connectivity index (χ0v) is 12.5. The van der Waals surface area contributed by atoms with Crippen LogP contribution in [0.25, 0.3) is 0 Å². The number of hydrogen-bond acceptors (Lipinski definition) is 3. The molecule has 20 heavy (non-hydrogen) atoms. The van der Waals surface area contributed by atoms with E-state index in [-0.39, 0.29) is 0 Å². The third-order valence-corrected chi connectivity index (χ3v) is 3.26. The number of nitrogens with one attached hydrogen (secondary N) is 1. The summed E-state index contributed by atoms with van der Waals surface area (Å²) in [4.78, 5) is 0.712. The number of thiocarbonyl (C=S) groups is 1. The SMILES string of the molecule is CO/C(=C/C(=S)c1ccccc1)Nc1ccc(Cl)cc1. The lowest BCUT2D eigenvalue weighted by Crippen LogP contribution is -2.05. The first kappa shape index (κ1) is 14.6. The fourth-order valence-corrected chi connectivity index (χ4v) is 2.00. The Morgan fingerprint density at radius 1 is 1.10 bits per heavy atom. The first-order chi connectivity index (χ1) is 9.69. The molecule has 0 fully saturated rings. The minimum Gasteiger partial charge on any atom is -0.482 e. The molecule has 0 unspecified atom stereocenters. The smallest absolute Gasteiger partial charge is 0.192 e. The van der Waals surface area contributed by atoms with E-state index in [4.69, 9.17) is 28.6 Å². The number of benzene rings is 2. The quantitative estimate of drug-likeness (QED) is 0.376. The minimum absolute atomic E-state index is 0.584. The average Bonchev–Trinajstić information content (AvgIpc) is 2.49. The maximum atomic E-state index is 5.85. The summed E-state index contributed by atoms with van der Waals surface area (Å²) in [7, 11) is 1.60. The summed E-state index contributed by atoms with van der Waals surface area (Å²) in [5.74, 6) is 0.584. The molecule has 1 N–H and O–H groups in total. The van der Waals surface area contributed by atoms with Crippen LogP contribution in [0, 0.1) is 0 Å². The Morgan fingerprint density at radius 3 is 2.35 bits per heavy atom. The van der Waals surface area contributed by atoms with Crippen molar-refractivity contribution in [1.82, 2.24) is 0 Å². The van der Waals surface area contributed by atoms with Crippen LogP contribution in [-0.4, -0.2) is 12.0 Å². The molecule has 0 aromatic heterocycles. The number of ether oxygens (including phenoxy) is 1. The first-order valence-corrected chi connectivity index (χ1v) is 6.85. The Morgan fingerprint density at radius 2 is 1.75 bits per heavy atom. The van der Waals surface area contributed by atoms with Gasteiger partial charge in [0.2, 0.25) is 0 Å². The maximum Gasteiger partial charge on any atom is 0.192 e. The van der Waals surface area contributed by atoms with Crippen molar-refractivity contribution in [2.75, 3.05) is 12.4 Å². The van der Waals surface area contributed by atoms with Crippen LogP contribution >= 0.6 is 23.8 Å². The van der Waals surface area contributed by atoms with Crippen molar-refractivity contribution < 1.29 is 4.74 Å². The van der Waals surface area contributed by atoms with Crippen LogP contribution in [0.1, 0.15) is 5.56 Å². The molecule has 0 spiro atoms. The van der Waals surface area contributed by atoms with E-state index in [1.54, 1.807) is 13.2 Å². The molecule has 0 atom stereocenters. The fraction of sp³-hybridized carbons (Fsp3) is 0.0625. The Balaban J connectivity index is 2.13. The molecule has 0 saturated heterocycles. The second-order valence-corrected chi connectivity index (χ2v) is 4.95. The lowest BCUT2D eigenvalue weighted by Gasteiger charge is -2.10. The van der Waals surface area contributed by atoms with E-state index < -0.39 is 0 Å². The van der Waals surface area contributed by atoms with E-state index in [0.29, 0.717) is 15.8 Å². The molecule has 0 radical (unpaired) electrons. The molecule has 2 nitrogen and oxygen atoms in total. The van der Waals surface area contributed by atoms with Crippen LogP contribution in [0.15, 0.2) is 66.6 Å². The van der Waals surface area contributed by atoms with Gasteiger partial charge in [-0.25, -0.2) is 0 Å². The zero-order chi connectivity index (χ0) is 14.4. The standard InChI is InChI=1S/C16H14ClNOS/c1-19-16(18-14-9-7-13(17)8-10-14)11-15(20)12-5-3-2-4-6-12/h2-11,18H,1H3/b16-11+. The molecule has 0 heterocycles. The van der Waals surface area contributed by atoms with E-state index in [2.05, 4.69) is 5.32 Å². The fourth-order valence-electron chi connectivity index (χ4n) is 1.63. The number of anilines is 1. The van der Waals surface area contributed by atoms with Crippen molar-refractivity contribution >= 4 is 34.4 Å². The predicted molar refractivity (Wildman–Crippen MR) is 88.3 cm³/mol. The second kappa shape index (κ2) is 7.08. The zero-order valence-electron chi connectivity index (χ0n) is 11.0. The Labute approximate surface area is 129 Å². The topological polar surface area (TPSA) is 21.3 Å². The number of rotatable bonds is 5. The van der Waals surface area contributed by atoms with Crippen LogP contribution in [0.2, 0.25) is 5.02 Å². The van der Waals surface area contributed by atoms with Crippen molar-refractivity contribution in [1.29, 1.82) is 0 Å². The van der Waals surface area contributed by atoms with Crippen molar-refractivity contribution in [3.8, 4) is 0 Å². The first-order valence-electron chi connectivity index (χ1n) is 6.06. The Kier molecular flexibility index (Phi) is 5.16. The normalized spacial score (nSPS) is 11.0. The molecule has 2 aromatic rings. The van der Waals surface area contributed by atoms with E-state index in [1.165, 1.54) is 0 Å². The molecule has 0 aliphatic heterocycles. The Hall–Kier alpha value is -1.84. The lowest BCUT2D eigenvalue weighted by atomic mass is 10.1. The van der Waals surface area contributed by atoms with Crippen LogP contribution < -0.4 is 5.32 Å². The molecule has 2 rings (SSSR count). The highest BCUT2D eigenvalue weighted by Gasteiger charge is 2.02. The van der Waals surface area contributed by atoms with Crippen molar-refractivity contribution in [2.24, 2.45) is 0 Å². The van der Waals surface area contributed by atoms with E-state index in [1.807, 2.05) is 54.6 Å². The van der Waals surface area contributed by atoms with Gasteiger partial charge < -0.3 is 10.1 Å². The highest BCUT2D eigenvalue weighted by Crippen LogP contribution is 2.16. The highest BCUT2D eigenvalue weighted by atomic mass is 35.5. The molecule has 2 aromatic carbocycles. The van der Waals surface area contributed by atoms with E-state index in [0.717, 1.165) is 11.3 Å². The average molecular weight is 304 g/mol. The summed E-state index contributed by atoms with van der Waals surface area (Å²) in [5, 5.41) is 3.84. The van der Waals surface area contributed by atoms with Gasteiger partial charge in [0, 0.05) is 16.8 Å². The van der Waals surface area contributed by atoms with Gasteiger partial charge in [-0.15, -0.1) is 0 Å². The van der Waals surface area contributed by atoms with Gasteiger partial charge in [-0.1, -0.05) is 54.2 Å². The molecule has 0 bridgehead atoms. The van der Waals surface area contributed by atoms with Gasteiger partial charge in [-0.2, -0.15) is 0 Å². The summed E-state index contributed by atoms with van der Waals surface area (Å²) >= 11 is 11.2. The van der Waals surface area contributed by atoms with Crippen LogP contribution in [0.4, 0.5) is 5.69 Å². The third kappa shape index (κ3) is 4.08. The largest absolute Gasteiger partial charge is 0.482 e. The van der Waals surface area contributed by atoms with Crippen LogP contribution in [0.3, 0.4) is 0 Å². The molecule has 0 amide bonds. The maximum absolute atomic E-state index is 5.85. The van der Waals surface area contributed by atoms with Gasteiger partial charge in [0.05, 0.1) is 12.0 Å². The lowest BCUT2D eigenvalue weighted by molar-refractivity contribution is 0.298. The molecule has 0 aliphatic rings. The molecular formula is C16H14ClNOS. The minimum atomic E-state index is 0.584. The van der Waals surface area contributed by atoms with Crippen molar-refractivity contribution in [3.63, 3.8) is 0 Å². The molecule has 102 valence electrons. The number of hydrogen-bond donors (Lipinski definition) is 1. The summed E-state index contributed by atoms with van der Waals surface area (Å²) in [6.07, 6.45) is 1.79. The Bertz CT molecular complexity index is 608. The van der Waals surface area contributed by atoms with Gasteiger partial charge >= 0.3 is 0 Å². The summed E-state index contributed by atoms with van der Waals surface area (Å²) in [6.45, 7) is 0. The van der Waals surface area contributed by atoms with Gasteiger partial charge in [0.15, 0.2) is 5.88 Å². The molecule has 0 aliphatic carbocycles. The van der Waals surface area contributed by atoms with Gasteiger partial charge in [-0.3, -0.25) is 0 Å². The predicted octanol–water partition coefficient (Wildman–Crippen LogP) is 4.66. The van der Waals surface area contributed by atoms with Crippen LogP contribution in [-0.2, 0) is 4.74 Å². The van der Waals surface area contributed by atoms with Crippen molar-refractivity contribution in [2.45, 2.75) is 0 Å². The van der Waals surface area contributed by atoms with Crippen molar-refractivity contribution in [3.05, 3.63) is 77.1 Å². The molecule has 0 saturated carbocycles. The second-order valence-electron chi connectivity index (χ2n) is 4.07. The third-order valence-electron chi connectivity index (χ3n) is 2.65. The summed E-state index contributed by atoms with van der Waals surface area (Å²) in [6, 6.07) is 17.2. The summed E-state index contributed by atoms with van der Waals surface area (Å²) < 4.78 is 5.31. The van der Waals surface area contributed by atoms with Crippen LogP contribution in [0.5, 0.6) is 0 Å². The highest BCUT2D eigenvalue weighted by molar-refractivity contribution is 7.81. The number of halogens is 1. The molecular weight excluding hydrogens is 290 g/mol. The molecule has 4 heteroatoms. The van der Waals surface area contributed by atoms with E-state index in [9.17, 15) is 0 Å². The monoisotopic (exact) mass is 303 g/mol. The number of allylic oxidation sites excluding steroid dienone is 1. The van der Waals surface area contributed by atoms with Gasteiger partial charge in [-0.05, 0) is 29.8 Å². The van der Waals surface area contributed by atoms with Gasteiger partial charge in [0.1, 0.15) is 0 Å². The number of methoxy groups -OCH3 is 1.